The van der Waals surface area contributed by atoms with Crippen LogP contribution < -0.4 is 5.32 Å². The lowest BCUT2D eigenvalue weighted by Crippen LogP contribution is -2.32. The molecular formula is C12H15BrN2O. The van der Waals surface area contributed by atoms with E-state index in [0.29, 0.717) is 0 Å². The highest BCUT2D eigenvalue weighted by atomic mass is 79.9. The van der Waals surface area contributed by atoms with Gasteiger partial charge in [0.05, 0.1) is 0 Å². The summed E-state index contributed by atoms with van der Waals surface area (Å²) in [5, 5.41) is 2.91. The van der Waals surface area contributed by atoms with Crippen molar-refractivity contribution >= 4 is 27.6 Å². The normalized spacial score (nSPS) is 15.2. The van der Waals surface area contributed by atoms with Gasteiger partial charge in [0, 0.05) is 23.2 Å². The van der Waals surface area contributed by atoms with Crippen LogP contribution in [0.1, 0.15) is 18.4 Å². The Labute approximate surface area is 104 Å². The number of nitrogens with zero attached hydrogens (tertiary/aromatic N) is 1. The second-order valence-corrected chi connectivity index (χ2v) is 4.94. The molecular weight excluding hydrogens is 268 g/mol. The summed E-state index contributed by atoms with van der Waals surface area (Å²) in [5.74, 6) is 0. The van der Waals surface area contributed by atoms with E-state index in [-0.39, 0.29) is 6.03 Å². The van der Waals surface area contributed by atoms with Crippen LogP contribution >= 0.6 is 15.9 Å². The zero-order chi connectivity index (χ0) is 11.5. The molecule has 0 atom stereocenters. The van der Waals surface area contributed by atoms with Crippen molar-refractivity contribution in [3.8, 4) is 0 Å². The first kappa shape index (κ1) is 11.5. The Morgan fingerprint density at radius 3 is 2.69 bits per heavy atom. The van der Waals surface area contributed by atoms with Gasteiger partial charge in [-0.3, -0.25) is 0 Å². The van der Waals surface area contributed by atoms with Gasteiger partial charge in [0.2, 0.25) is 0 Å². The Kier molecular flexibility index (Phi) is 3.49. The zero-order valence-electron chi connectivity index (χ0n) is 9.29. The zero-order valence-corrected chi connectivity index (χ0v) is 10.9. The molecule has 16 heavy (non-hydrogen) atoms. The van der Waals surface area contributed by atoms with Gasteiger partial charge in [-0.15, -0.1) is 0 Å². The molecule has 1 aromatic rings. The predicted molar refractivity (Wildman–Crippen MR) is 68.7 cm³/mol. The summed E-state index contributed by atoms with van der Waals surface area (Å²) in [6, 6.07) is 5.86. The molecule has 1 saturated heterocycles. The van der Waals surface area contributed by atoms with Crippen LogP contribution in [0, 0.1) is 6.92 Å². The van der Waals surface area contributed by atoms with Gasteiger partial charge in [0.25, 0.3) is 0 Å². The molecule has 0 unspecified atom stereocenters. The number of hydrogen-bond donors (Lipinski definition) is 1. The number of amides is 2. The molecule has 86 valence electrons. The summed E-state index contributed by atoms with van der Waals surface area (Å²) < 4.78 is 1.02. The van der Waals surface area contributed by atoms with Crippen LogP contribution in [0.15, 0.2) is 22.7 Å². The first-order valence-corrected chi connectivity index (χ1v) is 6.28. The van der Waals surface area contributed by atoms with Crippen molar-refractivity contribution in [1.29, 1.82) is 0 Å². The highest BCUT2D eigenvalue weighted by molar-refractivity contribution is 9.10. The van der Waals surface area contributed by atoms with Crippen molar-refractivity contribution in [3.63, 3.8) is 0 Å². The van der Waals surface area contributed by atoms with E-state index < -0.39 is 0 Å². The Morgan fingerprint density at radius 2 is 2.06 bits per heavy atom. The lowest BCUT2D eigenvalue weighted by atomic mass is 10.2. The van der Waals surface area contributed by atoms with Crippen molar-refractivity contribution in [2.75, 3.05) is 18.4 Å². The van der Waals surface area contributed by atoms with Crippen molar-refractivity contribution in [1.82, 2.24) is 4.90 Å². The fourth-order valence-electron chi connectivity index (χ4n) is 1.79. The van der Waals surface area contributed by atoms with E-state index in [4.69, 9.17) is 0 Å². The molecule has 4 heteroatoms. The van der Waals surface area contributed by atoms with Gasteiger partial charge >= 0.3 is 6.03 Å². The average Bonchev–Trinajstić information content (AvgIpc) is 2.77. The number of carbonyl (C=O) groups excluding carboxylic acids is 1. The Balaban J connectivity index is 2.02. The summed E-state index contributed by atoms with van der Waals surface area (Å²) in [6.45, 7) is 3.77. The van der Waals surface area contributed by atoms with Crippen molar-refractivity contribution in [3.05, 3.63) is 28.2 Å². The number of nitrogens with one attached hydrogen (secondary N) is 1. The fraction of sp³-hybridized carbons (Fsp3) is 0.417. The van der Waals surface area contributed by atoms with Crippen molar-refractivity contribution in [2.24, 2.45) is 0 Å². The first-order chi connectivity index (χ1) is 7.66. The van der Waals surface area contributed by atoms with E-state index in [0.717, 1.165) is 36.1 Å². The molecule has 1 aliphatic rings. The van der Waals surface area contributed by atoms with Gasteiger partial charge in [0.15, 0.2) is 0 Å². The monoisotopic (exact) mass is 282 g/mol. The van der Waals surface area contributed by atoms with E-state index >= 15 is 0 Å². The maximum atomic E-state index is 11.8. The number of hydrogen-bond acceptors (Lipinski definition) is 1. The minimum absolute atomic E-state index is 0.00764. The number of carbonyl (C=O) groups is 1. The van der Waals surface area contributed by atoms with Gasteiger partial charge in [-0.2, -0.15) is 0 Å². The third-order valence-electron chi connectivity index (χ3n) is 2.82. The van der Waals surface area contributed by atoms with E-state index in [2.05, 4.69) is 21.2 Å². The molecule has 1 aliphatic heterocycles. The fourth-order valence-corrected chi connectivity index (χ4v) is 2.17. The Bertz CT molecular complexity index is 400. The van der Waals surface area contributed by atoms with E-state index in [1.807, 2.05) is 30.0 Å². The van der Waals surface area contributed by atoms with Crippen LogP contribution in [0.5, 0.6) is 0 Å². The molecule has 0 spiro atoms. The largest absolute Gasteiger partial charge is 0.325 e. The minimum atomic E-state index is 0.00764. The Morgan fingerprint density at radius 1 is 1.38 bits per heavy atom. The molecule has 2 amide bonds. The molecule has 3 nitrogen and oxygen atoms in total. The molecule has 0 saturated carbocycles. The molecule has 1 aromatic carbocycles. The second kappa shape index (κ2) is 4.87. The van der Waals surface area contributed by atoms with E-state index in [9.17, 15) is 4.79 Å². The highest BCUT2D eigenvalue weighted by Gasteiger charge is 2.17. The number of benzene rings is 1. The van der Waals surface area contributed by atoms with Gasteiger partial charge in [0.1, 0.15) is 0 Å². The predicted octanol–water partition coefficient (Wildman–Crippen LogP) is 3.39. The standard InChI is InChI=1S/C12H15BrN2O/c1-9-4-5-10(8-11(9)13)14-12(16)15-6-2-3-7-15/h4-5,8H,2-3,6-7H2,1H3,(H,14,16). The van der Waals surface area contributed by atoms with E-state index in [1.165, 1.54) is 5.56 Å². The van der Waals surface area contributed by atoms with Gasteiger partial charge in [-0.05, 0) is 37.5 Å². The third kappa shape index (κ3) is 2.55. The maximum Gasteiger partial charge on any atom is 0.321 e. The van der Waals surface area contributed by atoms with E-state index in [1.54, 1.807) is 0 Å². The summed E-state index contributed by atoms with van der Waals surface area (Å²) in [7, 11) is 0. The van der Waals surface area contributed by atoms with Gasteiger partial charge < -0.3 is 10.2 Å². The number of rotatable bonds is 1. The number of aryl methyl sites for hydroxylation is 1. The lowest BCUT2D eigenvalue weighted by molar-refractivity contribution is 0.222. The Hall–Kier alpha value is -1.03. The maximum absolute atomic E-state index is 11.8. The van der Waals surface area contributed by atoms with Crippen LogP contribution in [-0.4, -0.2) is 24.0 Å². The van der Waals surface area contributed by atoms with Crippen LogP contribution in [0.2, 0.25) is 0 Å². The van der Waals surface area contributed by atoms with Crippen LogP contribution in [-0.2, 0) is 0 Å². The molecule has 2 rings (SSSR count). The highest BCUT2D eigenvalue weighted by Crippen LogP contribution is 2.21. The van der Waals surface area contributed by atoms with Crippen molar-refractivity contribution in [2.45, 2.75) is 19.8 Å². The smallest absolute Gasteiger partial charge is 0.321 e. The summed E-state index contributed by atoms with van der Waals surface area (Å²) in [5.41, 5.74) is 2.01. The van der Waals surface area contributed by atoms with Crippen LogP contribution in [0.4, 0.5) is 10.5 Å². The molecule has 0 aromatic heterocycles. The molecule has 1 heterocycles. The molecule has 0 radical (unpaired) electrons. The summed E-state index contributed by atoms with van der Waals surface area (Å²) in [6.07, 6.45) is 2.23. The number of anilines is 1. The number of urea groups is 1. The average molecular weight is 283 g/mol. The molecule has 0 bridgehead atoms. The SMILES string of the molecule is Cc1ccc(NC(=O)N2CCCC2)cc1Br. The number of halogens is 1. The van der Waals surface area contributed by atoms with Gasteiger partial charge in [-0.1, -0.05) is 22.0 Å². The van der Waals surface area contributed by atoms with Crippen LogP contribution in [0.3, 0.4) is 0 Å². The summed E-state index contributed by atoms with van der Waals surface area (Å²) in [4.78, 5) is 13.7. The second-order valence-electron chi connectivity index (χ2n) is 4.09. The molecule has 0 aliphatic carbocycles. The van der Waals surface area contributed by atoms with Crippen molar-refractivity contribution < 1.29 is 4.79 Å². The van der Waals surface area contributed by atoms with Gasteiger partial charge in [-0.25, -0.2) is 4.79 Å². The molecule has 1 fully saturated rings. The topological polar surface area (TPSA) is 32.3 Å². The summed E-state index contributed by atoms with van der Waals surface area (Å²) >= 11 is 3.45. The van der Waals surface area contributed by atoms with Crippen LogP contribution in [0.25, 0.3) is 0 Å². The first-order valence-electron chi connectivity index (χ1n) is 5.49. The molecule has 1 N–H and O–H groups in total. The quantitative estimate of drug-likeness (QED) is 0.842. The third-order valence-corrected chi connectivity index (χ3v) is 3.67. The lowest BCUT2D eigenvalue weighted by Gasteiger charge is -2.16. The number of likely N-dealkylation sites (tertiary alicyclic amines) is 1. The minimum Gasteiger partial charge on any atom is -0.325 e.